The van der Waals surface area contributed by atoms with Crippen molar-refractivity contribution in [2.24, 2.45) is 0 Å². The third-order valence-electron chi connectivity index (χ3n) is 3.80. The van der Waals surface area contributed by atoms with Crippen LogP contribution in [0.15, 0.2) is 41.8 Å². The van der Waals surface area contributed by atoms with Crippen LogP contribution >= 0.6 is 11.3 Å². The molecule has 1 atom stereocenters. The SMILES string of the molecule is CCC(C)N(CC(=O)O)C(=O)c1cccc(NC(=O)c2cccs2)c1. The Kier molecular flexibility index (Phi) is 6.30. The van der Waals surface area contributed by atoms with Crippen LogP contribution in [-0.2, 0) is 4.79 Å². The van der Waals surface area contributed by atoms with Crippen molar-refractivity contribution in [1.29, 1.82) is 0 Å². The molecule has 7 heteroatoms. The van der Waals surface area contributed by atoms with E-state index in [4.69, 9.17) is 5.11 Å². The van der Waals surface area contributed by atoms with E-state index >= 15 is 0 Å². The van der Waals surface area contributed by atoms with Crippen LogP contribution < -0.4 is 5.32 Å². The number of rotatable bonds is 7. The van der Waals surface area contributed by atoms with E-state index in [0.717, 1.165) is 0 Å². The summed E-state index contributed by atoms with van der Waals surface area (Å²) in [5.74, 6) is -1.68. The Hall–Kier alpha value is -2.67. The molecule has 0 radical (unpaired) electrons. The van der Waals surface area contributed by atoms with Crippen LogP contribution in [0.25, 0.3) is 0 Å². The average Bonchev–Trinajstić information content (AvgIpc) is 3.13. The van der Waals surface area contributed by atoms with E-state index in [1.807, 2.05) is 19.2 Å². The van der Waals surface area contributed by atoms with Gasteiger partial charge < -0.3 is 15.3 Å². The molecule has 1 unspecified atom stereocenters. The minimum Gasteiger partial charge on any atom is -0.480 e. The van der Waals surface area contributed by atoms with Gasteiger partial charge in [0.1, 0.15) is 6.54 Å². The number of aliphatic carboxylic acids is 1. The van der Waals surface area contributed by atoms with Gasteiger partial charge in [0.05, 0.1) is 4.88 Å². The molecule has 6 nitrogen and oxygen atoms in total. The molecule has 0 aliphatic heterocycles. The number of amides is 2. The van der Waals surface area contributed by atoms with Gasteiger partial charge in [0, 0.05) is 17.3 Å². The average molecular weight is 360 g/mol. The molecule has 2 N–H and O–H groups in total. The number of carboxylic acids is 1. The first kappa shape index (κ1) is 18.7. The zero-order valence-corrected chi connectivity index (χ0v) is 14.9. The van der Waals surface area contributed by atoms with Gasteiger partial charge >= 0.3 is 5.97 Å². The molecule has 2 aromatic rings. The van der Waals surface area contributed by atoms with Crippen molar-refractivity contribution in [3.05, 3.63) is 52.2 Å². The van der Waals surface area contributed by atoms with Crippen LogP contribution in [0.1, 0.15) is 40.3 Å². The number of carboxylic acid groups (broad SMARTS) is 1. The quantitative estimate of drug-likeness (QED) is 0.793. The Morgan fingerprint density at radius 2 is 2.00 bits per heavy atom. The summed E-state index contributed by atoms with van der Waals surface area (Å²) in [6, 6.07) is 9.82. The lowest BCUT2D eigenvalue weighted by Gasteiger charge is -2.27. The number of hydrogen-bond acceptors (Lipinski definition) is 4. The molecule has 0 bridgehead atoms. The number of benzene rings is 1. The Morgan fingerprint density at radius 1 is 1.24 bits per heavy atom. The second-order valence-electron chi connectivity index (χ2n) is 5.60. The summed E-state index contributed by atoms with van der Waals surface area (Å²) in [5.41, 5.74) is 0.828. The summed E-state index contributed by atoms with van der Waals surface area (Å²) in [5, 5.41) is 13.6. The molecule has 2 rings (SSSR count). The maximum absolute atomic E-state index is 12.7. The van der Waals surface area contributed by atoms with Crippen molar-refractivity contribution in [2.45, 2.75) is 26.3 Å². The fourth-order valence-corrected chi connectivity index (χ4v) is 2.91. The third kappa shape index (κ3) is 4.90. The van der Waals surface area contributed by atoms with E-state index in [1.54, 1.807) is 36.4 Å². The van der Waals surface area contributed by atoms with Crippen molar-refractivity contribution in [2.75, 3.05) is 11.9 Å². The molecule has 1 heterocycles. The van der Waals surface area contributed by atoms with Gasteiger partial charge in [0.2, 0.25) is 0 Å². The standard InChI is InChI=1S/C18H20N2O4S/c1-3-12(2)20(11-16(21)22)18(24)13-6-4-7-14(10-13)19-17(23)15-8-5-9-25-15/h4-10,12H,3,11H2,1-2H3,(H,19,23)(H,21,22). The number of nitrogens with zero attached hydrogens (tertiary/aromatic N) is 1. The lowest BCUT2D eigenvalue weighted by molar-refractivity contribution is -0.138. The molecule has 2 amide bonds. The second kappa shape index (κ2) is 8.43. The highest BCUT2D eigenvalue weighted by Crippen LogP contribution is 2.17. The summed E-state index contributed by atoms with van der Waals surface area (Å²) < 4.78 is 0. The first-order valence-electron chi connectivity index (χ1n) is 7.90. The van der Waals surface area contributed by atoms with Gasteiger partial charge in [0.15, 0.2) is 0 Å². The van der Waals surface area contributed by atoms with Crippen molar-refractivity contribution in [3.63, 3.8) is 0 Å². The largest absolute Gasteiger partial charge is 0.480 e. The molecule has 132 valence electrons. The van der Waals surface area contributed by atoms with Crippen LogP contribution in [0, 0.1) is 0 Å². The van der Waals surface area contributed by atoms with Crippen molar-refractivity contribution in [3.8, 4) is 0 Å². The van der Waals surface area contributed by atoms with Crippen LogP contribution in [0.5, 0.6) is 0 Å². The Balaban J connectivity index is 2.19. The van der Waals surface area contributed by atoms with Crippen LogP contribution in [-0.4, -0.2) is 40.4 Å². The van der Waals surface area contributed by atoms with Gasteiger partial charge in [0.25, 0.3) is 11.8 Å². The molecule has 0 fully saturated rings. The van der Waals surface area contributed by atoms with Crippen molar-refractivity contribution >= 4 is 34.8 Å². The Morgan fingerprint density at radius 3 is 2.60 bits per heavy atom. The summed E-state index contributed by atoms with van der Waals surface area (Å²) in [6.45, 7) is 3.34. The van der Waals surface area contributed by atoms with E-state index in [9.17, 15) is 14.4 Å². The molecular formula is C18H20N2O4S. The van der Waals surface area contributed by atoms with Crippen LogP contribution in [0.3, 0.4) is 0 Å². The summed E-state index contributed by atoms with van der Waals surface area (Å²) in [6.07, 6.45) is 0.647. The van der Waals surface area contributed by atoms with E-state index in [1.165, 1.54) is 16.2 Å². The zero-order valence-electron chi connectivity index (χ0n) is 14.1. The smallest absolute Gasteiger partial charge is 0.323 e. The highest BCUT2D eigenvalue weighted by Gasteiger charge is 2.23. The Bertz CT molecular complexity index is 758. The molecule has 0 aliphatic rings. The molecule has 0 aliphatic carbocycles. The van der Waals surface area contributed by atoms with Gasteiger partial charge in [-0.15, -0.1) is 11.3 Å². The molecule has 25 heavy (non-hydrogen) atoms. The third-order valence-corrected chi connectivity index (χ3v) is 4.67. The van der Waals surface area contributed by atoms with Crippen LogP contribution in [0.4, 0.5) is 5.69 Å². The van der Waals surface area contributed by atoms with Gasteiger partial charge in [-0.25, -0.2) is 0 Å². The van der Waals surface area contributed by atoms with Crippen molar-refractivity contribution in [1.82, 2.24) is 4.90 Å². The zero-order chi connectivity index (χ0) is 18.4. The minimum absolute atomic E-state index is 0.201. The number of hydrogen-bond donors (Lipinski definition) is 2. The molecular weight excluding hydrogens is 340 g/mol. The van der Waals surface area contributed by atoms with E-state index < -0.39 is 5.97 Å². The predicted octanol–water partition coefficient (Wildman–Crippen LogP) is 3.33. The van der Waals surface area contributed by atoms with Gasteiger partial charge in [-0.1, -0.05) is 19.1 Å². The first-order chi connectivity index (χ1) is 11.9. The van der Waals surface area contributed by atoms with Gasteiger partial charge in [-0.05, 0) is 43.0 Å². The summed E-state index contributed by atoms with van der Waals surface area (Å²) in [4.78, 5) is 37.8. The summed E-state index contributed by atoms with van der Waals surface area (Å²) >= 11 is 1.33. The number of anilines is 1. The molecule has 0 saturated carbocycles. The Labute approximate surface area is 150 Å². The maximum atomic E-state index is 12.7. The minimum atomic E-state index is -1.06. The summed E-state index contributed by atoms with van der Waals surface area (Å²) in [7, 11) is 0. The molecule has 1 aromatic carbocycles. The fraction of sp³-hybridized carbons (Fsp3) is 0.278. The number of thiophene rings is 1. The molecule has 0 saturated heterocycles. The normalized spacial score (nSPS) is 11.6. The van der Waals surface area contributed by atoms with E-state index in [-0.39, 0.29) is 24.4 Å². The van der Waals surface area contributed by atoms with E-state index in [0.29, 0.717) is 22.5 Å². The first-order valence-corrected chi connectivity index (χ1v) is 8.78. The monoisotopic (exact) mass is 360 g/mol. The maximum Gasteiger partial charge on any atom is 0.323 e. The van der Waals surface area contributed by atoms with Crippen molar-refractivity contribution < 1.29 is 19.5 Å². The molecule has 0 spiro atoms. The van der Waals surface area contributed by atoms with Crippen LogP contribution in [0.2, 0.25) is 0 Å². The lowest BCUT2D eigenvalue weighted by Crippen LogP contribution is -2.41. The molecule has 1 aromatic heterocycles. The lowest BCUT2D eigenvalue weighted by atomic mass is 10.1. The van der Waals surface area contributed by atoms with Gasteiger partial charge in [-0.3, -0.25) is 14.4 Å². The van der Waals surface area contributed by atoms with E-state index in [2.05, 4.69) is 5.32 Å². The topological polar surface area (TPSA) is 86.7 Å². The fourth-order valence-electron chi connectivity index (χ4n) is 2.29. The number of carbonyl (C=O) groups excluding carboxylic acids is 2. The van der Waals surface area contributed by atoms with Gasteiger partial charge in [-0.2, -0.15) is 0 Å². The highest BCUT2D eigenvalue weighted by molar-refractivity contribution is 7.12. The second-order valence-corrected chi connectivity index (χ2v) is 6.54. The predicted molar refractivity (Wildman–Crippen MR) is 97.1 cm³/mol. The highest BCUT2D eigenvalue weighted by atomic mass is 32.1. The number of carbonyl (C=O) groups is 3. The number of nitrogens with one attached hydrogen (secondary N) is 1.